The van der Waals surface area contributed by atoms with E-state index in [2.05, 4.69) is 51.4 Å². The summed E-state index contributed by atoms with van der Waals surface area (Å²) in [6.07, 6.45) is 8.47. The van der Waals surface area contributed by atoms with Gasteiger partial charge in [0.1, 0.15) is 17.1 Å². The van der Waals surface area contributed by atoms with Crippen molar-refractivity contribution in [2.24, 2.45) is 5.73 Å². The standard InChI is InChI=1S/C29H37N7OS/c1-3-26-34-27(22-8-6-5-7-9-22)28(38-26)37-24-11-13-32-25(20-24)29(30)12-10-23(21-33-29)31-14-15-36-18-16-35(4-2)17-19-36/h5-13,20-21,31,33H,3-4,14-19,30H2,1-2H3. The largest absolute Gasteiger partial charge is 0.444 e. The van der Waals surface area contributed by atoms with Crippen LogP contribution < -0.4 is 21.1 Å². The van der Waals surface area contributed by atoms with Crippen molar-refractivity contribution in [3.05, 3.63) is 83.4 Å². The minimum absolute atomic E-state index is 0.676. The number of dihydropyridines is 1. The number of hydrogen-bond donors (Lipinski definition) is 3. The number of benzene rings is 1. The van der Waals surface area contributed by atoms with E-state index in [1.54, 1.807) is 17.5 Å². The van der Waals surface area contributed by atoms with E-state index in [1.807, 2.05) is 48.7 Å². The number of thiazole rings is 1. The summed E-state index contributed by atoms with van der Waals surface area (Å²) in [5, 5.41) is 8.64. The van der Waals surface area contributed by atoms with Crippen molar-refractivity contribution in [3.8, 4) is 22.1 Å². The summed E-state index contributed by atoms with van der Waals surface area (Å²) in [7, 11) is 0. The van der Waals surface area contributed by atoms with Crippen molar-refractivity contribution in [1.29, 1.82) is 0 Å². The summed E-state index contributed by atoms with van der Waals surface area (Å²) >= 11 is 1.57. The highest BCUT2D eigenvalue weighted by atomic mass is 32.1. The van der Waals surface area contributed by atoms with Gasteiger partial charge in [-0.25, -0.2) is 4.98 Å². The Kier molecular flexibility index (Phi) is 8.38. The van der Waals surface area contributed by atoms with Gasteiger partial charge in [-0.2, -0.15) is 0 Å². The van der Waals surface area contributed by atoms with Crippen LogP contribution in [0.2, 0.25) is 0 Å². The lowest BCUT2D eigenvalue weighted by atomic mass is 10.0. The number of nitrogens with zero attached hydrogens (tertiary/aromatic N) is 4. The van der Waals surface area contributed by atoms with E-state index < -0.39 is 5.66 Å². The number of rotatable bonds is 10. The molecule has 2 aliphatic rings. The van der Waals surface area contributed by atoms with Gasteiger partial charge in [0.05, 0.1) is 10.7 Å². The molecule has 0 spiro atoms. The number of piperazine rings is 1. The average molecular weight is 532 g/mol. The quantitative estimate of drug-likeness (QED) is 0.363. The highest BCUT2D eigenvalue weighted by Crippen LogP contribution is 2.39. The van der Waals surface area contributed by atoms with Crippen LogP contribution in [0.15, 0.2) is 72.7 Å². The fourth-order valence-electron chi connectivity index (χ4n) is 4.63. The van der Waals surface area contributed by atoms with Crippen LogP contribution in [0.1, 0.15) is 24.5 Å². The van der Waals surface area contributed by atoms with Crippen LogP contribution in [0.4, 0.5) is 0 Å². The molecule has 4 N–H and O–H groups in total. The highest BCUT2D eigenvalue weighted by Gasteiger charge is 2.28. The van der Waals surface area contributed by atoms with Gasteiger partial charge in [-0.05, 0) is 31.2 Å². The Balaban J connectivity index is 1.21. The Morgan fingerprint density at radius 3 is 2.61 bits per heavy atom. The molecule has 3 aromatic rings. The second-order valence-electron chi connectivity index (χ2n) is 9.59. The maximum Gasteiger partial charge on any atom is 0.208 e. The molecule has 1 unspecified atom stereocenters. The minimum atomic E-state index is -0.925. The number of ether oxygens (including phenoxy) is 1. The molecule has 0 bridgehead atoms. The monoisotopic (exact) mass is 531 g/mol. The first kappa shape index (κ1) is 26.4. The second kappa shape index (κ2) is 12.1. The molecule has 5 rings (SSSR count). The Bertz CT molecular complexity index is 1270. The number of allylic oxidation sites excluding steroid dienone is 1. The fourth-order valence-corrected chi connectivity index (χ4v) is 5.52. The first-order valence-electron chi connectivity index (χ1n) is 13.4. The van der Waals surface area contributed by atoms with Gasteiger partial charge in [0.15, 0.2) is 0 Å². The molecule has 0 aliphatic carbocycles. The van der Waals surface area contributed by atoms with Crippen LogP contribution in [-0.2, 0) is 12.1 Å². The lowest BCUT2D eigenvalue weighted by Crippen LogP contribution is -2.49. The van der Waals surface area contributed by atoms with Gasteiger partial charge in [0.25, 0.3) is 0 Å². The molecular formula is C29H37N7OS. The topological polar surface area (TPSA) is 91.6 Å². The molecule has 1 aromatic carbocycles. The zero-order chi connectivity index (χ0) is 26.4. The molecule has 1 fully saturated rings. The summed E-state index contributed by atoms with van der Waals surface area (Å²) < 4.78 is 6.34. The van der Waals surface area contributed by atoms with Gasteiger partial charge in [0, 0.05) is 69.0 Å². The van der Waals surface area contributed by atoms with Gasteiger partial charge >= 0.3 is 0 Å². The molecule has 1 saturated heterocycles. The fraction of sp³-hybridized carbons (Fsp3) is 0.379. The molecule has 38 heavy (non-hydrogen) atoms. The number of aryl methyl sites for hydroxylation is 1. The molecule has 0 radical (unpaired) electrons. The first-order chi connectivity index (χ1) is 18.6. The zero-order valence-corrected chi connectivity index (χ0v) is 23.0. The number of likely N-dealkylation sites (N-methyl/N-ethyl adjacent to an activating group) is 1. The Morgan fingerprint density at radius 1 is 1.11 bits per heavy atom. The highest BCUT2D eigenvalue weighted by molar-refractivity contribution is 7.14. The van der Waals surface area contributed by atoms with E-state index in [0.717, 1.165) is 79.3 Å². The van der Waals surface area contributed by atoms with Gasteiger partial charge in [-0.15, -0.1) is 0 Å². The third-order valence-corrected chi connectivity index (χ3v) is 8.10. The van der Waals surface area contributed by atoms with E-state index >= 15 is 0 Å². The van der Waals surface area contributed by atoms with Gasteiger partial charge < -0.3 is 26.0 Å². The molecule has 200 valence electrons. The molecule has 4 heterocycles. The predicted octanol–water partition coefficient (Wildman–Crippen LogP) is 3.90. The zero-order valence-electron chi connectivity index (χ0n) is 22.2. The third-order valence-electron chi connectivity index (χ3n) is 7.02. The summed E-state index contributed by atoms with van der Waals surface area (Å²) in [5.41, 5.74) is 9.37. The maximum atomic E-state index is 6.71. The molecule has 1 atom stereocenters. The van der Waals surface area contributed by atoms with Crippen LogP contribution >= 0.6 is 11.3 Å². The van der Waals surface area contributed by atoms with Crippen LogP contribution in [0, 0.1) is 0 Å². The van der Waals surface area contributed by atoms with Crippen molar-refractivity contribution < 1.29 is 4.74 Å². The van der Waals surface area contributed by atoms with Crippen LogP contribution in [0.5, 0.6) is 10.8 Å². The lowest BCUT2D eigenvalue weighted by Gasteiger charge is -2.34. The second-order valence-corrected chi connectivity index (χ2v) is 10.6. The summed E-state index contributed by atoms with van der Waals surface area (Å²) in [6, 6.07) is 13.9. The normalized spacial score (nSPS) is 20.1. The van der Waals surface area contributed by atoms with E-state index in [9.17, 15) is 0 Å². The number of pyridine rings is 1. The van der Waals surface area contributed by atoms with Gasteiger partial charge in [-0.3, -0.25) is 9.88 Å². The maximum absolute atomic E-state index is 6.71. The van der Waals surface area contributed by atoms with E-state index in [4.69, 9.17) is 15.5 Å². The number of hydrogen-bond acceptors (Lipinski definition) is 9. The summed E-state index contributed by atoms with van der Waals surface area (Å²) in [6.45, 7) is 12.0. The minimum Gasteiger partial charge on any atom is -0.444 e. The SMILES string of the molecule is CCc1nc(-c2ccccc2)c(Oc2ccnc(C3(N)C=CC(NCCN4CCN(CC)CC4)=CN3)c2)s1. The van der Waals surface area contributed by atoms with Crippen LogP contribution in [-0.4, -0.2) is 65.6 Å². The lowest BCUT2D eigenvalue weighted by molar-refractivity contribution is 0.138. The van der Waals surface area contributed by atoms with Gasteiger partial charge in [0.2, 0.25) is 5.06 Å². The van der Waals surface area contributed by atoms with Crippen LogP contribution in [0.3, 0.4) is 0 Å². The average Bonchev–Trinajstić information content (AvgIpc) is 3.38. The van der Waals surface area contributed by atoms with E-state index in [0.29, 0.717) is 11.4 Å². The predicted molar refractivity (Wildman–Crippen MR) is 154 cm³/mol. The smallest absolute Gasteiger partial charge is 0.208 e. The number of nitrogens with two attached hydrogens (primary N) is 1. The molecule has 2 aromatic heterocycles. The van der Waals surface area contributed by atoms with Crippen molar-refractivity contribution in [2.45, 2.75) is 25.9 Å². The third kappa shape index (κ3) is 6.24. The Labute approximate surface area is 229 Å². The molecule has 0 saturated carbocycles. The van der Waals surface area contributed by atoms with E-state index in [1.165, 1.54) is 0 Å². The first-order valence-corrected chi connectivity index (χ1v) is 14.2. The Morgan fingerprint density at radius 2 is 1.89 bits per heavy atom. The molecular weight excluding hydrogens is 494 g/mol. The molecule has 9 heteroatoms. The molecule has 8 nitrogen and oxygen atoms in total. The van der Waals surface area contributed by atoms with Crippen LogP contribution in [0.25, 0.3) is 11.3 Å². The summed E-state index contributed by atoms with van der Waals surface area (Å²) in [4.78, 5) is 14.4. The summed E-state index contributed by atoms with van der Waals surface area (Å²) in [5.74, 6) is 0.676. The van der Waals surface area contributed by atoms with Crippen molar-refractivity contribution in [3.63, 3.8) is 0 Å². The molecule has 0 amide bonds. The Hall–Kier alpha value is -3.24. The van der Waals surface area contributed by atoms with Crippen molar-refractivity contribution in [2.75, 3.05) is 45.8 Å². The number of nitrogens with one attached hydrogen (secondary N) is 2. The van der Waals surface area contributed by atoms with E-state index in [-0.39, 0.29) is 0 Å². The van der Waals surface area contributed by atoms with Crippen molar-refractivity contribution >= 4 is 11.3 Å². The molecule has 2 aliphatic heterocycles. The van der Waals surface area contributed by atoms with Crippen molar-refractivity contribution in [1.82, 2.24) is 30.4 Å². The number of aromatic nitrogens is 2. The van der Waals surface area contributed by atoms with Gasteiger partial charge in [-0.1, -0.05) is 55.5 Å².